The Morgan fingerprint density at radius 2 is 1.78 bits per heavy atom. The van der Waals surface area contributed by atoms with Crippen LogP contribution in [0.4, 0.5) is 21.7 Å². The van der Waals surface area contributed by atoms with Gasteiger partial charge in [-0.15, -0.1) is 0 Å². The zero-order chi connectivity index (χ0) is 25.1. The second-order valence-corrected chi connectivity index (χ2v) is 8.55. The average molecular weight is 482 g/mol. The van der Waals surface area contributed by atoms with Crippen LogP contribution >= 0.6 is 0 Å². The lowest BCUT2D eigenvalue weighted by molar-refractivity contribution is -0.117. The summed E-state index contributed by atoms with van der Waals surface area (Å²) in [7, 11) is 1.76. The van der Waals surface area contributed by atoms with Crippen molar-refractivity contribution in [2.45, 2.75) is 12.8 Å². The van der Waals surface area contributed by atoms with Crippen LogP contribution in [-0.2, 0) is 17.6 Å². The fourth-order valence-corrected chi connectivity index (χ4v) is 4.12. The third kappa shape index (κ3) is 4.93. The van der Waals surface area contributed by atoms with Crippen LogP contribution in [-0.4, -0.2) is 35.4 Å². The highest BCUT2D eigenvalue weighted by atomic mass is 19.1. The number of likely N-dealkylation sites (N-methyl/N-ethyl adjacent to an activating group) is 1. The number of carbonyl (C=O) groups excluding carboxylic acids is 2. The molecule has 8 heteroatoms. The van der Waals surface area contributed by atoms with Crippen LogP contribution in [0.15, 0.2) is 79.0 Å². The maximum Gasteiger partial charge on any atom is 0.251 e. The van der Waals surface area contributed by atoms with E-state index in [9.17, 15) is 14.0 Å². The molecule has 36 heavy (non-hydrogen) atoms. The van der Waals surface area contributed by atoms with Crippen molar-refractivity contribution < 1.29 is 14.0 Å². The Morgan fingerprint density at radius 1 is 1.03 bits per heavy atom. The van der Waals surface area contributed by atoms with Crippen LogP contribution in [0.3, 0.4) is 0 Å². The molecule has 0 atom stereocenters. The van der Waals surface area contributed by atoms with E-state index in [1.165, 1.54) is 12.1 Å². The van der Waals surface area contributed by atoms with Gasteiger partial charge in [-0.1, -0.05) is 30.3 Å². The summed E-state index contributed by atoms with van der Waals surface area (Å²) in [5.41, 5.74) is 5.38. The van der Waals surface area contributed by atoms with E-state index in [-0.39, 0.29) is 24.1 Å². The van der Waals surface area contributed by atoms with Crippen molar-refractivity contribution in [1.29, 1.82) is 0 Å². The molecule has 3 aromatic carbocycles. The first-order valence-electron chi connectivity index (χ1n) is 11.6. The van der Waals surface area contributed by atoms with Crippen molar-refractivity contribution in [1.82, 2.24) is 15.3 Å². The number of benzene rings is 3. The fourth-order valence-electron chi connectivity index (χ4n) is 4.12. The SMILES string of the molecule is CN1C(=O)Cc2cnc(Nc3ccc(C(=O)NCCc4ccc(F)cc4)cc3)nc2-c2ccccc21. The van der Waals surface area contributed by atoms with Gasteiger partial charge in [-0.2, -0.15) is 0 Å². The Kier molecular flexibility index (Phi) is 6.40. The van der Waals surface area contributed by atoms with E-state index in [0.29, 0.717) is 24.5 Å². The summed E-state index contributed by atoms with van der Waals surface area (Å²) in [6, 6.07) is 20.9. The topological polar surface area (TPSA) is 87.2 Å². The van der Waals surface area contributed by atoms with Gasteiger partial charge in [0.1, 0.15) is 5.82 Å². The predicted octanol–water partition coefficient (Wildman–Crippen LogP) is 4.52. The molecule has 0 aliphatic carbocycles. The van der Waals surface area contributed by atoms with Crippen molar-refractivity contribution in [3.8, 4) is 11.3 Å². The van der Waals surface area contributed by atoms with Crippen molar-refractivity contribution in [2.24, 2.45) is 0 Å². The van der Waals surface area contributed by atoms with E-state index in [0.717, 1.165) is 33.8 Å². The van der Waals surface area contributed by atoms with Gasteiger partial charge in [-0.3, -0.25) is 9.59 Å². The van der Waals surface area contributed by atoms with Gasteiger partial charge in [0.2, 0.25) is 11.9 Å². The zero-order valence-electron chi connectivity index (χ0n) is 19.7. The summed E-state index contributed by atoms with van der Waals surface area (Å²) >= 11 is 0. The number of carbonyl (C=O) groups is 2. The lowest BCUT2D eigenvalue weighted by Crippen LogP contribution is -2.26. The summed E-state index contributed by atoms with van der Waals surface area (Å²) in [5.74, 6) is -0.0790. The van der Waals surface area contributed by atoms with Gasteiger partial charge < -0.3 is 15.5 Å². The molecule has 1 aliphatic rings. The molecule has 2 heterocycles. The quantitative estimate of drug-likeness (QED) is 0.423. The number of nitrogens with one attached hydrogen (secondary N) is 2. The molecule has 2 N–H and O–H groups in total. The molecule has 0 radical (unpaired) electrons. The highest BCUT2D eigenvalue weighted by Crippen LogP contribution is 2.35. The first kappa shape index (κ1) is 23.2. The fraction of sp³-hybridized carbons (Fsp3) is 0.143. The number of hydrogen-bond acceptors (Lipinski definition) is 5. The van der Waals surface area contributed by atoms with Gasteiger partial charge in [-0.05, 0) is 54.4 Å². The molecule has 1 aromatic heterocycles. The van der Waals surface area contributed by atoms with E-state index in [4.69, 9.17) is 4.98 Å². The van der Waals surface area contributed by atoms with Gasteiger partial charge in [0, 0.05) is 42.2 Å². The maximum atomic E-state index is 13.0. The highest BCUT2D eigenvalue weighted by molar-refractivity contribution is 6.01. The molecule has 0 fully saturated rings. The van der Waals surface area contributed by atoms with Crippen LogP contribution in [0.1, 0.15) is 21.5 Å². The molecule has 0 spiro atoms. The number of hydrogen-bond donors (Lipinski definition) is 2. The normalized spacial score (nSPS) is 12.4. The number of para-hydroxylation sites is 1. The molecular weight excluding hydrogens is 457 g/mol. The van der Waals surface area contributed by atoms with Gasteiger partial charge >= 0.3 is 0 Å². The minimum atomic E-state index is -0.278. The second kappa shape index (κ2) is 9.95. The van der Waals surface area contributed by atoms with Crippen LogP contribution < -0.4 is 15.5 Å². The summed E-state index contributed by atoms with van der Waals surface area (Å²) in [6.07, 6.45) is 2.53. The molecule has 2 amide bonds. The zero-order valence-corrected chi connectivity index (χ0v) is 19.7. The number of aromatic nitrogens is 2. The van der Waals surface area contributed by atoms with Crippen molar-refractivity contribution in [2.75, 3.05) is 23.8 Å². The largest absolute Gasteiger partial charge is 0.352 e. The van der Waals surface area contributed by atoms with Crippen LogP contribution in [0, 0.1) is 5.82 Å². The number of amides is 2. The smallest absolute Gasteiger partial charge is 0.251 e. The Morgan fingerprint density at radius 3 is 2.56 bits per heavy atom. The molecular formula is C28H24FN5O2. The first-order chi connectivity index (χ1) is 17.5. The molecule has 0 saturated carbocycles. The molecule has 0 saturated heterocycles. The van der Waals surface area contributed by atoms with Crippen molar-refractivity contribution >= 4 is 29.1 Å². The van der Waals surface area contributed by atoms with Gasteiger partial charge in [0.25, 0.3) is 5.91 Å². The summed E-state index contributed by atoms with van der Waals surface area (Å²) in [6.45, 7) is 0.451. The third-order valence-corrected chi connectivity index (χ3v) is 6.12. The molecule has 180 valence electrons. The number of nitrogens with zero attached hydrogens (tertiary/aromatic N) is 3. The van der Waals surface area contributed by atoms with Gasteiger partial charge in [0.15, 0.2) is 0 Å². The predicted molar refractivity (Wildman–Crippen MR) is 137 cm³/mol. The minimum absolute atomic E-state index is 0.0166. The van der Waals surface area contributed by atoms with Crippen molar-refractivity contribution in [3.05, 3.63) is 102 Å². The van der Waals surface area contributed by atoms with Gasteiger partial charge in [-0.25, -0.2) is 14.4 Å². The highest BCUT2D eigenvalue weighted by Gasteiger charge is 2.24. The van der Waals surface area contributed by atoms with E-state index >= 15 is 0 Å². The molecule has 5 rings (SSSR count). The number of anilines is 3. The van der Waals surface area contributed by atoms with E-state index in [2.05, 4.69) is 15.6 Å². The van der Waals surface area contributed by atoms with Crippen LogP contribution in [0.2, 0.25) is 0 Å². The monoisotopic (exact) mass is 481 g/mol. The number of halogens is 1. The van der Waals surface area contributed by atoms with Crippen LogP contribution in [0.25, 0.3) is 11.3 Å². The first-order valence-corrected chi connectivity index (χ1v) is 11.6. The standard InChI is InChI=1S/C28H24FN5O2/c1-34-24-5-3-2-4-23(24)26-20(16-25(34)35)17-31-28(33-26)32-22-12-8-19(9-13-22)27(36)30-15-14-18-6-10-21(29)11-7-18/h2-13,17H,14-16H2,1H3,(H,30,36)(H,31,32,33). The third-order valence-electron chi connectivity index (χ3n) is 6.12. The average Bonchev–Trinajstić information content (AvgIpc) is 3.00. The Hall–Kier alpha value is -4.59. The molecule has 1 aliphatic heterocycles. The Balaban J connectivity index is 1.26. The lowest BCUT2D eigenvalue weighted by atomic mass is 10.1. The molecule has 7 nitrogen and oxygen atoms in total. The molecule has 4 aromatic rings. The number of fused-ring (bicyclic) bond motifs is 3. The summed E-state index contributed by atoms with van der Waals surface area (Å²) in [5, 5.41) is 6.06. The minimum Gasteiger partial charge on any atom is -0.352 e. The van der Waals surface area contributed by atoms with Gasteiger partial charge in [0.05, 0.1) is 17.8 Å². The Bertz CT molecular complexity index is 1420. The molecule has 0 unspecified atom stereocenters. The number of rotatable bonds is 6. The van der Waals surface area contributed by atoms with E-state index in [1.807, 2.05) is 24.3 Å². The van der Waals surface area contributed by atoms with Crippen LogP contribution in [0.5, 0.6) is 0 Å². The summed E-state index contributed by atoms with van der Waals surface area (Å²) in [4.78, 5) is 35.8. The second-order valence-electron chi connectivity index (χ2n) is 8.55. The van der Waals surface area contributed by atoms with Crippen molar-refractivity contribution in [3.63, 3.8) is 0 Å². The van der Waals surface area contributed by atoms with E-state index in [1.54, 1.807) is 54.5 Å². The van der Waals surface area contributed by atoms with E-state index < -0.39 is 0 Å². The molecule has 0 bridgehead atoms. The Labute approximate surface area is 208 Å². The summed E-state index contributed by atoms with van der Waals surface area (Å²) < 4.78 is 13.0. The maximum absolute atomic E-state index is 13.0. The lowest BCUT2D eigenvalue weighted by Gasteiger charge is -2.16.